The molecular weight excluding hydrogens is 370 g/mol. The van der Waals surface area contributed by atoms with Crippen LogP contribution in [-0.4, -0.2) is 36.4 Å². The van der Waals surface area contributed by atoms with Gasteiger partial charge in [0.05, 0.1) is 39.6 Å². The van der Waals surface area contributed by atoms with E-state index in [2.05, 4.69) is 18.2 Å². The van der Waals surface area contributed by atoms with Crippen LogP contribution >= 0.6 is 11.3 Å². The molecule has 0 unspecified atom stereocenters. The number of nitrogens with zero attached hydrogens (tertiary/aromatic N) is 2. The maximum Gasteiger partial charge on any atom is 0.303 e. The minimum atomic E-state index is -0.388. The molecule has 142 valence electrons. The van der Waals surface area contributed by atoms with Crippen LogP contribution in [0.2, 0.25) is 0 Å². The smallest absolute Gasteiger partial charge is 0.303 e. The van der Waals surface area contributed by atoms with Crippen LogP contribution in [0.1, 0.15) is 39.7 Å². The van der Waals surface area contributed by atoms with Crippen molar-refractivity contribution < 1.29 is 14.5 Å². The lowest BCUT2D eigenvalue weighted by molar-refractivity contribution is -0.904. The third kappa shape index (κ3) is 2.93. The molecule has 28 heavy (non-hydrogen) atoms. The molecule has 0 atom stereocenters. The average Bonchev–Trinajstić information content (AvgIpc) is 3.24. The molecule has 2 aromatic carbocycles. The number of likely N-dealkylation sites (tertiary alicyclic amines) is 1. The standard InChI is InChI=1S/C22H21N3O2S/c1-14-6-7-18-16(12-14)20(26)22(27)25(18)13-24-10-8-15(9-11-24)21-23-17-4-2-3-5-19(17)28-21/h2-7,12,15H,8-11,13H2,1H3/p+1. The summed E-state index contributed by atoms with van der Waals surface area (Å²) < 4.78 is 1.25. The summed E-state index contributed by atoms with van der Waals surface area (Å²) in [6.07, 6.45) is 2.12. The fraction of sp³-hybridized carbons (Fsp3) is 0.318. The molecule has 5 rings (SSSR count). The van der Waals surface area contributed by atoms with Gasteiger partial charge in [-0.15, -0.1) is 11.3 Å². The van der Waals surface area contributed by atoms with E-state index in [0.717, 1.165) is 42.7 Å². The van der Waals surface area contributed by atoms with Crippen molar-refractivity contribution in [1.82, 2.24) is 4.98 Å². The van der Waals surface area contributed by atoms with E-state index < -0.39 is 0 Å². The van der Waals surface area contributed by atoms with Gasteiger partial charge >= 0.3 is 5.91 Å². The number of amides is 1. The van der Waals surface area contributed by atoms with Gasteiger partial charge in [0.1, 0.15) is 0 Å². The van der Waals surface area contributed by atoms with Crippen LogP contribution in [0.5, 0.6) is 0 Å². The van der Waals surface area contributed by atoms with Gasteiger partial charge in [-0.1, -0.05) is 23.8 Å². The third-order valence-corrected chi connectivity index (χ3v) is 7.06. The number of para-hydroxylation sites is 1. The lowest BCUT2D eigenvalue weighted by Gasteiger charge is -2.31. The molecule has 0 spiro atoms. The normalized spacial score (nSPS) is 22.1. The number of Topliss-reactive ketones (excluding diaryl/α,β-unsaturated/α-hetero) is 1. The molecule has 3 aromatic rings. The van der Waals surface area contributed by atoms with E-state index in [1.165, 1.54) is 14.6 Å². The average molecular weight is 393 g/mol. The summed E-state index contributed by atoms with van der Waals surface area (Å²) in [6, 6.07) is 14.0. The van der Waals surface area contributed by atoms with E-state index in [0.29, 0.717) is 18.2 Å². The minimum Gasteiger partial charge on any atom is -0.317 e. The number of hydrogen-bond donors (Lipinski definition) is 1. The maximum absolute atomic E-state index is 12.5. The quantitative estimate of drug-likeness (QED) is 0.697. The highest BCUT2D eigenvalue weighted by Gasteiger charge is 2.38. The number of aromatic nitrogens is 1. The Morgan fingerprint density at radius 2 is 1.93 bits per heavy atom. The van der Waals surface area contributed by atoms with Crippen molar-refractivity contribution >= 4 is 38.9 Å². The highest BCUT2D eigenvalue weighted by atomic mass is 32.1. The van der Waals surface area contributed by atoms with Crippen LogP contribution < -0.4 is 9.80 Å². The van der Waals surface area contributed by atoms with Crippen molar-refractivity contribution in [2.45, 2.75) is 25.7 Å². The van der Waals surface area contributed by atoms with Crippen molar-refractivity contribution in [3.8, 4) is 0 Å². The fourth-order valence-electron chi connectivity index (χ4n) is 4.29. The summed E-state index contributed by atoms with van der Waals surface area (Å²) in [5, 5.41) is 1.23. The van der Waals surface area contributed by atoms with Crippen molar-refractivity contribution in [2.75, 3.05) is 24.7 Å². The molecule has 0 saturated carbocycles. The third-order valence-electron chi connectivity index (χ3n) is 5.86. The predicted molar refractivity (Wildman–Crippen MR) is 110 cm³/mol. The van der Waals surface area contributed by atoms with Gasteiger partial charge in [-0.2, -0.15) is 0 Å². The molecule has 6 heteroatoms. The predicted octanol–water partition coefficient (Wildman–Crippen LogP) is 2.55. The minimum absolute atomic E-state index is 0.373. The van der Waals surface area contributed by atoms with E-state index in [4.69, 9.17) is 4.98 Å². The summed E-state index contributed by atoms with van der Waals surface area (Å²) in [4.78, 5) is 32.7. The zero-order valence-corrected chi connectivity index (χ0v) is 16.6. The molecule has 1 fully saturated rings. The number of anilines is 1. The van der Waals surface area contributed by atoms with E-state index >= 15 is 0 Å². The molecule has 1 aromatic heterocycles. The SMILES string of the molecule is Cc1ccc2c(c1)C(=O)C(=O)N2C[NH+]1CCC(c2nc3ccccc3s2)CC1. The topological polar surface area (TPSA) is 54.7 Å². The number of ketones is 1. The molecule has 3 heterocycles. The summed E-state index contributed by atoms with van der Waals surface area (Å²) in [7, 11) is 0. The molecule has 1 N–H and O–H groups in total. The largest absolute Gasteiger partial charge is 0.317 e. The molecule has 1 amide bonds. The number of carbonyl (C=O) groups excluding carboxylic acids is 2. The summed E-state index contributed by atoms with van der Waals surface area (Å²) >= 11 is 1.80. The summed E-state index contributed by atoms with van der Waals surface area (Å²) in [5.74, 6) is -0.268. The second kappa shape index (κ2) is 6.79. The first-order valence-electron chi connectivity index (χ1n) is 9.76. The number of carbonyl (C=O) groups is 2. The number of quaternary nitrogens is 1. The number of rotatable bonds is 3. The van der Waals surface area contributed by atoms with Crippen molar-refractivity contribution in [3.63, 3.8) is 0 Å². The Hall–Kier alpha value is -2.57. The first-order chi connectivity index (χ1) is 13.6. The number of hydrogen-bond acceptors (Lipinski definition) is 4. The highest BCUT2D eigenvalue weighted by molar-refractivity contribution is 7.18. The number of aryl methyl sites for hydroxylation is 1. The second-order valence-corrected chi connectivity index (χ2v) is 8.85. The van der Waals surface area contributed by atoms with Crippen LogP contribution in [0, 0.1) is 6.92 Å². The van der Waals surface area contributed by atoms with E-state index in [9.17, 15) is 9.59 Å². The van der Waals surface area contributed by atoms with Gasteiger partial charge in [-0.3, -0.25) is 14.5 Å². The molecule has 0 bridgehead atoms. The Kier molecular flexibility index (Phi) is 4.25. The first kappa shape index (κ1) is 17.5. The summed E-state index contributed by atoms with van der Waals surface area (Å²) in [5.41, 5.74) is 3.41. The monoisotopic (exact) mass is 392 g/mol. The Labute approximate surface area is 167 Å². The van der Waals surface area contributed by atoms with Crippen LogP contribution in [0.4, 0.5) is 5.69 Å². The zero-order chi connectivity index (χ0) is 19.3. The van der Waals surface area contributed by atoms with Gasteiger partial charge < -0.3 is 4.90 Å². The molecule has 5 nitrogen and oxygen atoms in total. The van der Waals surface area contributed by atoms with Crippen molar-refractivity contribution in [3.05, 3.63) is 58.6 Å². The lowest BCUT2D eigenvalue weighted by Crippen LogP contribution is -3.14. The van der Waals surface area contributed by atoms with Crippen LogP contribution in [0.3, 0.4) is 0 Å². The Morgan fingerprint density at radius 3 is 2.71 bits per heavy atom. The van der Waals surface area contributed by atoms with Crippen LogP contribution in [0.15, 0.2) is 42.5 Å². The zero-order valence-electron chi connectivity index (χ0n) is 15.8. The molecule has 2 aliphatic rings. The van der Waals surface area contributed by atoms with Crippen molar-refractivity contribution in [1.29, 1.82) is 0 Å². The number of benzene rings is 2. The van der Waals surface area contributed by atoms with E-state index in [-0.39, 0.29) is 11.7 Å². The maximum atomic E-state index is 12.5. The highest BCUT2D eigenvalue weighted by Crippen LogP contribution is 2.32. The first-order valence-corrected chi connectivity index (χ1v) is 10.6. The summed E-state index contributed by atoms with van der Waals surface area (Å²) in [6.45, 7) is 4.48. The fourth-order valence-corrected chi connectivity index (χ4v) is 5.43. The molecule has 2 aliphatic heterocycles. The lowest BCUT2D eigenvalue weighted by atomic mass is 9.98. The number of piperidine rings is 1. The number of thiazole rings is 1. The second-order valence-electron chi connectivity index (χ2n) is 7.79. The molecule has 0 radical (unpaired) electrons. The van der Waals surface area contributed by atoms with Gasteiger partial charge in [0.15, 0.2) is 6.67 Å². The van der Waals surface area contributed by atoms with Gasteiger partial charge in [0.2, 0.25) is 0 Å². The molecule has 1 saturated heterocycles. The van der Waals surface area contributed by atoms with Gasteiger partial charge in [-0.25, -0.2) is 4.98 Å². The van der Waals surface area contributed by atoms with Crippen LogP contribution in [0.25, 0.3) is 10.2 Å². The van der Waals surface area contributed by atoms with Gasteiger partial charge in [0, 0.05) is 18.8 Å². The van der Waals surface area contributed by atoms with E-state index in [1.54, 1.807) is 16.2 Å². The van der Waals surface area contributed by atoms with E-state index in [1.807, 2.05) is 31.2 Å². The Bertz CT molecular complexity index is 1050. The number of nitrogens with one attached hydrogen (secondary N) is 1. The van der Waals surface area contributed by atoms with Crippen molar-refractivity contribution in [2.24, 2.45) is 0 Å². The molecule has 0 aliphatic carbocycles. The molecular formula is C22H22N3O2S+. The number of fused-ring (bicyclic) bond motifs is 2. The Balaban J connectivity index is 1.28. The van der Waals surface area contributed by atoms with Gasteiger partial charge in [-0.05, 0) is 31.2 Å². The van der Waals surface area contributed by atoms with Gasteiger partial charge in [0.25, 0.3) is 5.78 Å². The van der Waals surface area contributed by atoms with Crippen LogP contribution in [-0.2, 0) is 4.79 Å². The Morgan fingerprint density at radius 1 is 1.14 bits per heavy atom.